The van der Waals surface area contributed by atoms with Gasteiger partial charge in [-0.05, 0) is 48.9 Å². The van der Waals surface area contributed by atoms with E-state index >= 15 is 0 Å². The molecule has 0 unspecified atom stereocenters. The summed E-state index contributed by atoms with van der Waals surface area (Å²) >= 11 is 0. The molecule has 0 aliphatic rings. The second kappa shape index (κ2) is 7.14. The van der Waals surface area contributed by atoms with Gasteiger partial charge in [0.1, 0.15) is 0 Å². The molecule has 1 aromatic heterocycles. The fraction of sp³-hybridized carbons (Fsp3) is 0.250. The summed E-state index contributed by atoms with van der Waals surface area (Å²) in [7, 11) is 0. The number of unbranched alkanes of at least 4 members (excludes halogenated alkanes) is 1. The first-order valence-electron chi connectivity index (χ1n) is 9.40. The van der Waals surface area contributed by atoms with Gasteiger partial charge in [0, 0.05) is 28.4 Å². The summed E-state index contributed by atoms with van der Waals surface area (Å²) in [5.41, 5.74) is 5.60. The third-order valence-electron chi connectivity index (χ3n) is 5.21. The summed E-state index contributed by atoms with van der Waals surface area (Å²) < 4.78 is 2.49. The minimum absolute atomic E-state index is 1.08. The number of hydrogen-bond acceptors (Lipinski definition) is 0. The number of nitrogens with zero attached hydrogens (tertiary/aromatic N) is 1. The highest BCUT2D eigenvalue weighted by molar-refractivity contribution is 6.07. The molecule has 4 rings (SSSR count). The summed E-state index contributed by atoms with van der Waals surface area (Å²) in [4.78, 5) is 0. The molecule has 0 radical (unpaired) electrons. The van der Waals surface area contributed by atoms with Crippen LogP contribution in [0.4, 0.5) is 0 Å². The first-order valence-corrected chi connectivity index (χ1v) is 9.40. The van der Waals surface area contributed by atoms with Crippen molar-refractivity contribution in [3.63, 3.8) is 0 Å². The van der Waals surface area contributed by atoms with Gasteiger partial charge in [0.15, 0.2) is 0 Å². The third kappa shape index (κ3) is 3.19. The first kappa shape index (κ1) is 16.0. The minimum atomic E-state index is 1.08. The molecule has 0 saturated carbocycles. The van der Waals surface area contributed by atoms with E-state index in [1.807, 2.05) is 0 Å². The molecule has 1 nitrogen and oxygen atoms in total. The van der Waals surface area contributed by atoms with E-state index in [9.17, 15) is 0 Å². The Morgan fingerprint density at radius 1 is 0.640 bits per heavy atom. The van der Waals surface area contributed by atoms with Gasteiger partial charge in [0.05, 0.1) is 0 Å². The lowest BCUT2D eigenvalue weighted by atomic mass is 10.1. The molecule has 0 spiro atoms. The maximum absolute atomic E-state index is 2.49. The van der Waals surface area contributed by atoms with E-state index < -0.39 is 0 Å². The Balaban J connectivity index is 1.48. The highest BCUT2D eigenvalue weighted by Crippen LogP contribution is 2.29. The van der Waals surface area contributed by atoms with Crippen LogP contribution in [0.1, 0.15) is 30.9 Å². The van der Waals surface area contributed by atoms with Crippen molar-refractivity contribution in [1.29, 1.82) is 0 Å². The van der Waals surface area contributed by atoms with E-state index in [4.69, 9.17) is 0 Å². The van der Waals surface area contributed by atoms with Crippen LogP contribution in [0.25, 0.3) is 21.8 Å². The normalized spacial score (nSPS) is 11.4. The van der Waals surface area contributed by atoms with Gasteiger partial charge >= 0.3 is 0 Å². The van der Waals surface area contributed by atoms with E-state index in [0.29, 0.717) is 0 Å². The predicted octanol–water partition coefficient (Wildman–Crippen LogP) is 6.38. The average Bonchev–Trinajstić information content (AvgIpc) is 3.00. The van der Waals surface area contributed by atoms with Gasteiger partial charge in [-0.25, -0.2) is 0 Å². The Labute approximate surface area is 149 Å². The molecular formula is C24H25N. The van der Waals surface area contributed by atoms with Crippen molar-refractivity contribution in [2.45, 2.75) is 39.2 Å². The summed E-state index contributed by atoms with van der Waals surface area (Å²) in [6.45, 7) is 3.29. The Hall–Kier alpha value is -2.54. The van der Waals surface area contributed by atoms with Crippen molar-refractivity contribution < 1.29 is 0 Å². The van der Waals surface area contributed by atoms with Gasteiger partial charge in [-0.1, -0.05) is 67.6 Å². The fourth-order valence-corrected chi connectivity index (χ4v) is 3.78. The predicted molar refractivity (Wildman–Crippen MR) is 108 cm³/mol. The molecule has 0 fully saturated rings. The molecule has 0 N–H and O–H groups in total. The number of rotatable bonds is 6. The van der Waals surface area contributed by atoms with Gasteiger partial charge in [-0.2, -0.15) is 0 Å². The van der Waals surface area contributed by atoms with Gasteiger partial charge < -0.3 is 4.57 Å². The monoisotopic (exact) mass is 327 g/mol. The summed E-state index contributed by atoms with van der Waals surface area (Å²) in [5.74, 6) is 0. The second-order valence-electron chi connectivity index (χ2n) is 6.81. The number of aryl methyl sites for hydroxylation is 3. The lowest BCUT2D eigenvalue weighted by Crippen LogP contribution is -1.98. The number of fused-ring (bicyclic) bond motifs is 3. The van der Waals surface area contributed by atoms with Crippen LogP contribution in [-0.4, -0.2) is 4.57 Å². The van der Waals surface area contributed by atoms with Gasteiger partial charge in [-0.3, -0.25) is 0 Å². The number of hydrogen-bond donors (Lipinski definition) is 0. The lowest BCUT2D eigenvalue weighted by Gasteiger charge is -2.08. The van der Waals surface area contributed by atoms with Crippen molar-refractivity contribution in [1.82, 2.24) is 4.57 Å². The molecule has 4 aromatic rings. The highest BCUT2D eigenvalue weighted by atomic mass is 15.0. The third-order valence-corrected chi connectivity index (χ3v) is 5.21. The topological polar surface area (TPSA) is 4.93 Å². The fourth-order valence-electron chi connectivity index (χ4n) is 3.78. The smallest absolute Gasteiger partial charge is 0.0491 e. The SMILES string of the molecule is CCc1ccc(CCCCn2c3ccccc3c3ccccc32)cc1. The first-order chi connectivity index (χ1) is 12.4. The number of aromatic nitrogens is 1. The maximum Gasteiger partial charge on any atom is 0.0491 e. The molecule has 126 valence electrons. The Morgan fingerprint density at radius 2 is 1.20 bits per heavy atom. The molecule has 1 heteroatoms. The largest absolute Gasteiger partial charge is 0.340 e. The van der Waals surface area contributed by atoms with Crippen LogP contribution in [0.3, 0.4) is 0 Å². The molecule has 0 bridgehead atoms. The molecule has 0 aliphatic carbocycles. The van der Waals surface area contributed by atoms with Crippen molar-refractivity contribution in [2.75, 3.05) is 0 Å². The van der Waals surface area contributed by atoms with Crippen LogP contribution in [0.2, 0.25) is 0 Å². The van der Waals surface area contributed by atoms with Crippen LogP contribution in [0.5, 0.6) is 0 Å². The summed E-state index contributed by atoms with van der Waals surface area (Å²) in [6.07, 6.45) is 4.72. The Morgan fingerprint density at radius 3 is 1.80 bits per heavy atom. The van der Waals surface area contributed by atoms with Crippen molar-refractivity contribution in [3.8, 4) is 0 Å². The van der Waals surface area contributed by atoms with Crippen molar-refractivity contribution in [2.24, 2.45) is 0 Å². The molecule has 0 amide bonds. The van der Waals surface area contributed by atoms with Crippen LogP contribution in [-0.2, 0) is 19.4 Å². The van der Waals surface area contributed by atoms with E-state index in [1.165, 1.54) is 52.2 Å². The van der Waals surface area contributed by atoms with E-state index in [0.717, 1.165) is 13.0 Å². The number of para-hydroxylation sites is 2. The zero-order valence-corrected chi connectivity index (χ0v) is 14.9. The standard InChI is InChI=1S/C24H25N/c1-2-19-14-16-20(17-15-19)9-7-8-18-25-23-12-5-3-10-21(23)22-11-4-6-13-24(22)25/h3-6,10-17H,2,7-9,18H2,1H3. The van der Waals surface area contributed by atoms with Crippen LogP contribution in [0, 0.1) is 0 Å². The summed E-state index contributed by atoms with van der Waals surface area (Å²) in [5, 5.41) is 2.74. The number of benzene rings is 3. The van der Waals surface area contributed by atoms with Crippen molar-refractivity contribution >= 4 is 21.8 Å². The van der Waals surface area contributed by atoms with Crippen LogP contribution < -0.4 is 0 Å². The molecule has 0 aliphatic heterocycles. The van der Waals surface area contributed by atoms with Crippen molar-refractivity contribution in [3.05, 3.63) is 83.9 Å². The maximum atomic E-state index is 2.49. The summed E-state index contributed by atoms with van der Waals surface area (Å²) in [6, 6.07) is 26.7. The highest BCUT2D eigenvalue weighted by Gasteiger charge is 2.08. The van der Waals surface area contributed by atoms with E-state index in [1.54, 1.807) is 0 Å². The van der Waals surface area contributed by atoms with E-state index in [-0.39, 0.29) is 0 Å². The van der Waals surface area contributed by atoms with E-state index in [2.05, 4.69) is 84.3 Å². The molecule has 0 saturated heterocycles. The van der Waals surface area contributed by atoms with Gasteiger partial charge in [0.25, 0.3) is 0 Å². The molecule has 3 aromatic carbocycles. The lowest BCUT2D eigenvalue weighted by molar-refractivity contribution is 0.636. The average molecular weight is 327 g/mol. The second-order valence-corrected chi connectivity index (χ2v) is 6.81. The Bertz CT molecular complexity index is 923. The van der Waals surface area contributed by atoms with Crippen LogP contribution >= 0.6 is 0 Å². The zero-order chi connectivity index (χ0) is 17.1. The molecule has 25 heavy (non-hydrogen) atoms. The quantitative estimate of drug-likeness (QED) is 0.362. The van der Waals surface area contributed by atoms with Gasteiger partial charge in [0.2, 0.25) is 0 Å². The Kier molecular flexibility index (Phi) is 4.56. The van der Waals surface area contributed by atoms with Crippen LogP contribution in [0.15, 0.2) is 72.8 Å². The van der Waals surface area contributed by atoms with Gasteiger partial charge in [-0.15, -0.1) is 0 Å². The molecule has 1 heterocycles. The molecule has 0 atom stereocenters. The zero-order valence-electron chi connectivity index (χ0n) is 14.9. The molecular weight excluding hydrogens is 302 g/mol. The minimum Gasteiger partial charge on any atom is -0.340 e.